The molecule has 1 unspecified atom stereocenters. The summed E-state index contributed by atoms with van der Waals surface area (Å²) in [6.07, 6.45) is 6.73. The van der Waals surface area contributed by atoms with E-state index in [1.165, 1.54) is 18.2 Å². The first kappa shape index (κ1) is 27.9. The van der Waals surface area contributed by atoms with Crippen molar-refractivity contribution in [3.05, 3.63) is 5.89 Å². The number of aromatic nitrogens is 2. The molecule has 7 nitrogen and oxygen atoms in total. The lowest BCUT2D eigenvalue weighted by molar-refractivity contribution is -0.122. The van der Waals surface area contributed by atoms with Crippen LogP contribution in [0.4, 0.5) is 0 Å². The fourth-order valence-electron chi connectivity index (χ4n) is 3.72. The van der Waals surface area contributed by atoms with Crippen molar-refractivity contribution in [1.29, 1.82) is 0 Å². The molecule has 1 amide bonds. The number of Topliss-reactive ketones (excluding diaryl/α,β-unsaturated/α-hetero) is 1. The maximum Gasteiger partial charge on any atom is 0.286 e. The molecule has 178 valence electrons. The second-order valence-electron chi connectivity index (χ2n) is 9.67. The van der Waals surface area contributed by atoms with Gasteiger partial charge in [0.15, 0.2) is 0 Å². The third-order valence-electron chi connectivity index (χ3n) is 5.89. The Kier molecular flexibility index (Phi) is 11.5. The average molecular weight is 475 g/mol. The molecule has 9 heteroatoms. The Morgan fingerprint density at radius 2 is 1.87 bits per heavy atom. The number of hydrogen-bond donors (Lipinski definition) is 0. The van der Waals surface area contributed by atoms with E-state index in [4.69, 9.17) is 4.42 Å². The molecule has 31 heavy (non-hydrogen) atoms. The summed E-state index contributed by atoms with van der Waals surface area (Å²) in [4.78, 5) is 29.2. The van der Waals surface area contributed by atoms with Crippen molar-refractivity contribution in [2.75, 3.05) is 19.3 Å². The quantitative estimate of drug-likeness (QED) is 0.261. The molecule has 1 aromatic heterocycles. The smallest absolute Gasteiger partial charge is 0.286 e. The summed E-state index contributed by atoms with van der Waals surface area (Å²) in [5.41, 5.74) is 0.0952. The van der Waals surface area contributed by atoms with E-state index < -0.39 is 6.04 Å². The standard InChI is InChI=1S/C22H38N4O3S.ClH/c1-16(2)14-18(26(15-27)17-10-8-7-9-11-17)19(28)20-23-24-21(29-20)30-13-12-25(6)22(3,4)5;/h15-18H,7-14H2,1-6H3;1H. The van der Waals surface area contributed by atoms with Crippen LogP contribution in [0.5, 0.6) is 0 Å². The number of rotatable bonds is 11. The molecule has 1 saturated carbocycles. The van der Waals surface area contributed by atoms with E-state index in [2.05, 4.69) is 56.8 Å². The lowest BCUT2D eigenvalue weighted by atomic mass is 9.91. The maximum absolute atomic E-state index is 13.2. The fourth-order valence-corrected chi connectivity index (χ4v) is 4.50. The zero-order valence-electron chi connectivity index (χ0n) is 19.8. The zero-order chi connectivity index (χ0) is 22.3. The van der Waals surface area contributed by atoms with E-state index in [1.807, 2.05) is 0 Å². The Bertz CT molecular complexity index is 687. The van der Waals surface area contributed by atoms with Gasteiger partial charge in [0.05, 0.1) is 0 Å². The van der Waals surface area contributed by atoms with Gasteiger partial charge in [-0.05, 0) is 53.0 Å². The van der Waals surface area contributed by atoms with Gasteiger partial charge in [0.1, 0.15) is 6.04 Å². The Hall–Kier alpha value is -1.12. The van der Waals surface area contributed by atoms with Gasteiger partial charge in [0.25, 0.3) is 11.1 Å². The minimum atomic E-state index is -0.545. The summed E-state index contributed by atoms with van der Waals surface area (Å²) in [6, 6.07) is -0.426. The van der Waals surface area contributed by atoms with Crippen molar-refractivity contribution >= 4 is 36.4 Å². The second-order valence-corrected chi connectivity index (χ2v) is 10.7. The van der Waals surface area contributed by atoms with E-state index in [1.54, 1.807) is 4.90 Å². The third kappa shape index (κ3) is 8.39. The van der Waals surface area contributed by atoms with Crippen LogP contribution in [-0.4, -0.2) is 69.2 Å². The molecule has 2 rings (SSSR count). The number of hydrogen-bond acceptors (Lipinski definition) is 7. The number of nitrogens with zero attached hydrogens (tertiary/aromatic N) is 4. The van der Waals surface area contributed by atoms with Gasteiger partial charge in [-0.2, -0.15) is 0 Å². The predicted octanol–water partition coefficient (Wildman–Crippen LogP) is 4.70. The molecule has 0 N–H and O–H groups in total. The van der Waals surface area contributed by atoms with E-state index in [9.17, 15) is 9.59 Å². The number of thioether (sulfide) groups is 1. The summed E-state index contributed by atoms with van der Waals surface area (Å²) < 4.78 is 5.69. The van der Waals surface area contributed by atoms with Crippen molar-refractivity contribution in [2.45, 2.75) is 96.0 Å². The largest absolute Gasteiger partial charge is 0.408 e. The molecule has 0 bridgehead atoms. The molecule has 0 aliphatic heterocycles. The third-order valence-corrected chi connectivity index (χ3v) is 6.69. The zero-order valence-corrected chi connectivity index (χ0v) is 21.4. The first-order valence-corrected chi connectivity index (χ1v) is 12.1. The van der Waals surface area contributed by atoms with Gasteiger partial charge < -0.3 is 14.2 Å². The summed E-state index contributed by atoms with van der Waals surface area (Å²) in [5, 5.41) is 8.47. The van der Waals surface area contributed by atoms with Crippen LogP contribution in [0.25, 0.3) is 0 Å². The summed E-state index contributed by atoms with van der Waals surface area (Å²) in [7, 11) is 2.08. The number of halogens is 1. The van der Waals surface area contributed by atoms with Gasteiger partial charge in [-0.1, -0.05) is 44.9 Å². The summed E-state index contributed by atoms with van der Waals surface area (Å²) >= 11 is 1.45. The van der Waals surface area contributed by atoms with Crippen molar-refractivity contribution in [3.63, 3.8) is 0 Å². The topological polar surface area (TPSA) is 79.5 Å². The molecule has 1 aliphatic carbocycles. The highest BCUT2D eigenvalue weighted by Crippen LogP contribution is 2.27. The van der Waals surface area contributed by atoms with E-state index in [0.717, 1.165) is 44.4 Å². The Balaban J connectivity index is 0.00000480. The molecular weight excluding hydrogens is 436 g/mol. The molecule has 1 heterocycles. The Labute approximate surface area is 197 Å². The highest BCUT2D eigenvalue weighted by atomic mass is 35.5. The Morgan fingerprint density at radius 3 is 2.42 bits per heavy atom. The van der Waals surface area contributed by atoms with Crippen molar-refractivity contribution in [2.24, 2.45) is 5.92 Å². The van der Waals surface area contributed by atoms with Gasteiger partial charge in [-0.25, -0.2) is 0 Å². The molecule has 1 atom stereocenters. The number of carbonyl (C=O) groups is 2. The number of amides is 1. The van der Waals surface area contributed by atoms with Crippen LogP contribution in [0.3, 0.4) is 0 Å². The first-order chi connectivity index (χ1) is 14.1. The molecule has 0 aromatic carbocycles. The van der Waals surface area contributed by atoms with Crippen LogP contribution >= 0.6 is 24.2 Å². The molecular formula is C22H39ClN4O3S. The van der Waals surface area contributed by atoms with E-state index in [0.29, 0.717) is 11.6 Å². The van der Waals surface area contributed by atoms with Crippen LogP contribution in [0, 0.1) is 5.92 Å². The normalized spacial score (nSPS) is 16.3. The van der Waals surface area contributed by atoms with Crippen LogP contribution in [0.15, 0.2) is 9.64 Å². The van der Waals surface area contributed by atoms with E-state index >= 15 is 0 Å². The van der Waals surface area contributed by atoms with Gasteiger partial charge in [0.2, 0.25) is 12.2 Å². The van der Waals surface area contributed by atoms with Gasteiger partial charge in [-0.15, -0.1) is 22.6 Å². The van der Waals surface area contributed by atoms with E-state index in [-0.39, 0.29) is 41.6 Å². The second kappa shape index (κ2) is 12.8. The SMILES string of the molecule is CC(C)CC(C(=O)c1nnc(SCCN(C)C(C)(C)C)o1)N(C=O)C1CCCCC1.Cl. The predicted molar refractivity (Wildman–Crippen MR) is 127 cm³/mol. The summed E-state index contributed by atoms with van der Waals surface area (Å²) in [6.45, 7) is 11.5. The van der Waals surface area contributed by atoms with Crippen molar-refractivity contribution < 1.29 is 14.0 Å². The molecule has 1 aliphatic rings. The molecule has 0 radical (unpaired) electrons. The lowest BCUT2D eigenvalue weighted by Gasteiger charge is -2.36. The molecule has 1 aromatic rings. The van der Waals surface area contributed by atoms with Crippen LogP contribution in [0.1, 0.15) is 83.8 Å². The van der Waals surface area contributed by atoms with Crippen molar-refractivity contribution in [3.8, 4) is 0 Å². The lowest BCUT2D eigenvalue weighted by Crippen LogP contribution is -2.48. The number of carbonyl (C=O) groups excluding carboxylic acids is 2. The fraction of sp³-hybridized carbons (Fsp3) is 0.818. The highest BCUT2D eigenvalue weighted by molar-refractivity contribution is 7.99. The number of ketones is 1. The van der Waals surface area contributed by atoms with Crippen LogP contribution < -0.4 is 0 Å². The van der Waals surface area contributed by atoms with Gasteiger partial charge in [-0.3, -0.25) is 9.59 Å². The minimum Gasteiger partial charge on any atom is -0.408 e. The first-order valence-electron chi connectivity index (χ1n) is 11.1. The van der Waals surface area contributed by atoms with Gasteiger partial charge >= 0.3 is 0 Å². The molecule has 1 fully saturated rings. The monoisotopic (exact) mass is 474 g/mol. The van der Waals surface area contributed by atoms with Crippen LogP contribution in [0.2, 0.25) is 0 Å². The van der Waals surface area contributed by atoms with Crippen LogP contribution in [-0.2, 0) is 4.79 Å². The average Bonchev–Trinajstić information content (AvgIpc) is 3.16. The van der Waals surface area contributed by atoms with Gasteiger partial charge in [0, 0.05) is 23.9 Å². The summed E-state index contributed by atoms with van der Waals surface area (Å²) in [5.74, 6) is 0.832. The van der Waals surface area contributed by atoms with Crippen molar-refractivity contribution in [1.82, 2.24) is 20.0 Å². The highest BCUT2D eigenvalue weighted by Gasteiger charge is 2.35. The molecule has 0 saturated heterocycles. The minimum absolute atomic E-state index is 0. The Morgan fingerprint density at radius 1 is 1.23 bits per heavy atom. The molecule has 0 spiro atoms. The maximum atomic E-state index is 13.2.